The van der Waals surface area contributed by atoms with Gasteiger partial charge in [-0.15, -0.1) is 0 Å². The number of benzene rings is 1. The minimum atomic E-state index is 0.332. The Morgan fingerprint density at radius 2 is 2.05 bits per heavy atom. The van der Waals surface area contributed by atoms with Crippen LogP contribution in [0.15, 0.2) is 24.3 Å². The largest absolute Gasteiger partial charge is 0.374 e. The molecule has 1 unspecified atom stereocenters. The highest BCUT2D eigenvalue weighted by Crippen LogP contribution is 2.14. The molecule has 112 valence electrons. The zero-order valence-corrected chi connectivity index (χ0v) is 13.1. The van der Waals surface area contributed by atoms with E-state index < -0.39 is 0 Å². The summed E-state index contributed by atoms with van der Waals surface area (Å²) in [5, 5.41) is 3.51. The van der Waals surface area contributed by atoms with Gasteiger partial charge in [-0.25, -0.2) is 0 Å². The Kier molecular flexibility index (Phi) is 6.02. The molecule has 0 aromatic heterocycles. The first-order valence-electron chi connectivity index (χ1n) is 7.82. The lowest BCUT2D eigenvalue weighted by atomic mass is 10.0. The molecule has 1 saturated heterocycles. The zero-order chi connectivity index (χ0) is 14.4. The number of morpholine rings is 1. The van der Waals surface area contributed by atoms with Gasteiger partial charge in [0.05, 0.1) is 12.7 Å². The van der Waals surface area contributed by atoms with E-state index in [0.29, 0.717) is 12.0 Å². The van der Waals surface area contributed by atoms with Gasteiger partial charge < -0.3 is 10.1 Å². The van der Waals surface area contributed by atoms with Crippen LogP contribution in [-0.4, -0.2) is 43.8 Å². The predicted molar refractivity (Wildman–Crippen MR) is 84.1 cm³/mol. The van der Waals surface area contributed by atoms with E-state index >= 15 is 0 Å². The molecule has 1 fully saturated rings. The molecule has 3 nitrogen and oxygen atoms in total. The van der Waals surface area contributed by atoms with Crippen LogP contribution in [0, 0.1) is 0 Å². The van der Waals surface area contributed by atoms with E-state index in [9.17, 15) is 0 Å². The first kappa shape index (κ1) is 15.5. The minimum Gasteiger partial charge on any atom is -0.374 e. The van der Waals surface area contributed by atoms with Gasteiger partial charge in [-0.3, -0.25) is 4.90 Å². The predicted octanol–water partition coefficient (Wildman–Crippen LogP) is 2.62. The van der Waals surface area contributed by atoms with Gasteiger partial charge in [0.2, 0.25) is 0 Å². The normalized spacial score (nSPS) is 20.5. The number of hydrogen-bond donors (Lipinski definition) is 1. The average Bonchev–Trinajstić information content (AvgIpc) is 2.48. The van der Waals surface area contributed by atoms with Crippen molar-refractivity contribution in [3.63, 3.8) is 0 Å². The molecule has 0 radical (unpaired) electrons. The highest BCUT2D eigenvalue weighted by molar-refractivity contribution is 5.24. The lowest BCUT2D eigenvalue weighted by molar-refractivity contribution is -0.0253. The second-order valence-electron chi connectivity index (χ2n) is 5.91. The Morgan fingerprint density at radius 3 is 2.70 bits per heavy atom. The summed E-state index contributed by atoms with van der Waals surface area (Å²) in [6.45, 7) is 12.6. The molecule has 1 aliphatic heterocycles. The van der Waals surface area contributed by atoms with Crippen LogP contribution >= 0.6 is 0 Å². The van der Waals surface area contributed by atoms with Crippen molar-refractivity contribution in [2.75, 3.05) is 32.8 Å². The van der Waals surface area contributed by atoms with Crippen LogP contribution in [0.25, 0.3) is 0 Å². The molecule has 0 amide bonds. The molecule has 0 aliphatic carbocycles. The molecule has 1 atom stereocenters. The van der Waals surface area contributed by atoms with Gasteiger partial charge in [0, 0.05) is 26.2 Å². The van der Waals surface area contributed by atoms with Crippen molar-refractivity contribution in [2.45, 2.75) is 39.3 Å². The summed E-state index contributed by atoms with van der Waals surface area (Å²) in [4.78, 5) is 2.45. The van der Waals surface area contributed by atoms with E-state index in [2.05, 4.69) is 55.3 Å². The molecule has 1 aliphatic rings. The van der Waals surface area contributed by atoms with E-state index in [0.717, 1.165) is 39.3 Å². The molecule has 0 bridgehead atoms. The Balaban J connectivity index is 1.72. The fourth-order valence-corrected chi connectivity index (χ4v) is 2.59. The summed E-state index contributed by atoms with van der Waals surface area (Å²) in [6.07, 6.45) is 0.332. The summed E-state index contributed by atoms with van der Waals surface area (Å²) in [5.74, 6) is 0.604. The summed E-state index contributed by atoms with van der Waals surface area (Å²) in [6, 6.07) is 8.92. The third-order valence-corrected chi connectivity index (χ3v) is 4.02. The third kappa shape index (κ3) is 4.58. The molecule has 0 saturated carbocycles. The van der Waals surface area contributed by atoms with Gasteiger partial charge in [0.15, 0.2) is 0 Å². The Morgan fingerprint density at radius 1 is 1.30 bits per heavy atom. The molecule has 1 aromatic carbocycles. The lowest BCUT2D eigenvalue weighted by Gasteiger charge is -2.32. The van der Waals surface area contributed by atoms with E-state index in [1.165, 1.54) is 11.1 Å². The maximum Gasteiger partial charge on any atom is 0.0826 e. The highest BCUT2D eigenvalue weighted by Gasteiger charge is 2.18. The number of hydrogen-bond acceptors (Lipinski definition) is 3. The van der Waals surface area contributed by atoms with Crippen molar-refractivity contribution in [3.05, 3.63) is 35.4 Å². The Labute approximate surface area is 123 Å². The number of nitrogens with zero attached hydrogens (tertiary/aromatic N) is 1. The van der Waals surface area contributed by atoms with Gasteiger partial charge in [-0.05, 0) is 23.6 Å². The summed E-state index contributed by atoms with van der Waals surface area (Å²) < 4.78 is 5.79. The van der Waals surface area contributed by atoms with Crippen molar-refractivity contribution in [3.8, 4) is 0 Å². The molecule has 20 heavy (non-hydrogen) atoms. The van der Waals surface area contributed by atoms with E-state index in [1.807, 2.05) is 0 Å². The first-order valence-corrected chi connectivity index (χ1v) is 7.82. The molecule has 2 rings (SSSR count). The van der Waals surface area contributed by atoms with E-state index in [-0.39, 0.29) is 0 Å². The van der Waals surface area contributed by atoms with Gasteiger partial charge in [0.1, 0.15) is 0 Å². The monoisotopic (exact) mass is 276 g/mol. The number of ether oxygens (including phenoxy) is 1. The van der Waals surface area contributed by atoms with Crippen molar-refractivity contribution < 1.29 is 4.74 Å². The Hall–Kier alpha value is -0.900. The molecule has 1 aromatic rings. The van der Waals surface area contributed by atoms with Gasteiger partial charge in [0.25, 0.3) is 0 Å². The minimum absolute atomic E-state index is 0.332. The number of nitrogens with one attached hydrogen (secondary N) is 1. The Bertz CT molecular complexity index is 388. The van der Waals surface area contributed by atoms with E-state index in [4.69, 9.17) is 4.74 Å². The zero-order valence-electron chi connectivity index (χ0n) is 13.1. The van der Waals surface area contributed by atoms with Gasteiger partial charge in [-0.2, -0.15) is 0 Å². The van der Waals surface area contributed by atoms with Crippen molar-refractivity contribution >= 4 is 0 Å². The van der Waals surface area contributed by atoms with Gasteiger partial charge in [-0.1, -0.05) is 45.0 Å². The maximum atomic E-state index is 5.79. The van der Waals surface area contributed by atoms with Crippen LogP contribution in [0.3, 0.4) is 0 Å². The molecule has 1 heterocycles. The molecular formula is C17H28N2O. The van der Waals surface area contributed by atoms with Crippen LogP contribution < -0.4 is 5.32 Å². The molecule has 0 spiro atoms. The van der Waals surface area contributed by atoms with Gasteiger partial charge >= 0.3 is 0 Å². The van der Waals surface area contributed by atoms with Crippen molar-refractivity contribution in [1.29, 1.82) is 0 Å². The topological polar surface area (TPSA) is 24.5 Å². The molecular weight excluding hydrogens is 248 g/mol. The second-order valence-corrected chi connectivity index (χ2v) is 5.91. The van der Waals surface area contributed by atoms with Crippen LogP contribution in [0.1, 0.15) is 37.8 Å². The lowest BCUT2D eigenvalue weighted by Crippen LogP contribution is -2.46. The maximum absolute atomic E-state index is 5.79. The average molecular weight is 276 g/mol. The highest BCUT2D eigenvalue weighted by atomic mass is 16.5. The quantitative estimate of drug-likeness (QED) is 0.864. The fourth-order valence-electron chi connectivity index (χ4n) is 2.59. The van der Waals surface area contributed by atoms with Crippen molar-refractivity contribution in [1.82, 2.24) is 10.2 Å². The SMILES string of the molecule is CCN1CCOC(CNCc2ccc(C(C)C)cc2)C1. The van der Waals surface area contributed by atoms with Crippen LogP contribution in [0.2, 0.25) is 0 Å². The van der Waals surface area contributed by atoms with Crippen LogP contribution in [0.5, 0.6) is 0 Å². The standard InChI is InChI=1S/C17H28N2O/c1-4-19-9-10-20-17(13-19)12-18-11-15-5-7-16(8-6-15)14(2)3/h5-8,14,17-18H,4,9-13H2,1-3H3. The molecule has 1 N–H and O–H groups in total. The summed E-state index contributed by atoms with van der Waals surface area (Å²) >= 11 is 0. The van der Waals surface area contributed by atoms with Crippen LogP contribution in [-0.2, 0) is 11.3 Å². The third-order valence-electron chi connectivity index (χ3n) is 4.02. The number of likely N-dealkylation sites (N-methyl/N-ethyl adjacent to an activating group) is 1. The number of rotatable bonds is 6. The second kappa shape index (κ2) is 7.77. The first-order chi connectivity index (χ1) is 9.69. The molecule has 3 heteroatoms. The summed E-state index contributed by atoms with van der Waals surface area (Å²) in [5.41, 5.74) is 2.75. The van der Waals surface area contributed by atoms with Crippen LogP contribution in [0.4, 0.5) is 0 Å². The fraction of sp³-hybridized carbons (Fsp3) is 0.647. The van der Waals surface area contributed by atoms with Crippen molar-refractivity contribution in [2.24, 2.45) is 0 Å². The summed E-state index contributed by atoms with van der Waals surface area (Å²) in [7, 11) is 0. The van der Waals surface area contributed by atoms with E-state index in [1.54, 1.807) is 0 Å². The smallest absolute Gasteiger partial charge is 0.0826 e.